The van der Waals surface area contributed by atoms with E-state index < -0.39 is 24.5 Å². The van der Waals surface area contributed by atoms with Gasteiger partial charge in [-0.2, -0.15) is 0 Å². The summed E-state index contributed by atoms with van der Waals surface area (Å²) in [6, 6.07) is 4.03. The number of methoxy groups -OCH3 is 1. The number of rotatable bonds is 7. The Hall–Kier alpha value is -3.03. The van der Waals surface area contributed by atoms with Crippen LogP contribution in [-0.2, 0) is 9.53 Å². The number of urea groups is 1. The summed E-state index contributed by atoms with van der Waals surface area (Å²) in [5.74, 6) is -0.455. The topological polar surface area (TPSA) is 94.2 Å². The standard InChI is InChI=1S/C16H18N2O6/c1-3-8-23-12-5-4-11(9-13(12)22-2)15(20)24-10-14(19)18-7-6-17-16(18)21/h3-5,9H,1,6-8,10H2,2H3,(H,17,21). The summed E-state index contributed by atoms with van der Waals surface area (Å²) in [5, 5.41) is 2.50. The number of nitrogens with zero attached hydrogens (tertiary/aromatic N) is 1. The average molecular weight is 334 g/mol. The van der Waals surface area contributed by atoms with E-state index in [0.29, 0.717) is 24.7 Å². The van der Waals surface area contributed by atoms with Crippen molar-refractivity contribution in [3.8, 4) is 11.5 Å². The third-order valence-corrected chi connectivity index (χ3v) is 3.24. The van der Waals surface area contributed by atoms with Crippen molar-refractivity contribution >= 4 is 17.9 Å². The van der Waals surface area contributed by atoms with Crippen LogP contribution >= 0.6 is 0 Å². The lowest BCUT2D eigenvalue weighted by Crippen LogP contribution is -2.37. The largest absolute Gasteiger partial charge is 0.493 e. The molecule has 0 bridgehead atoms. The zero-order valence-electron chi connectivity index (χ0n) is 13.2. The first kappa shape index (κ1) is 17.3. The van der Waals surface area contributed by atoms with Gasteiger partial charge in [0.15, 0.2) is 18.1 Å². The monoisotopic (exact) mass is 334 g/mol. The zero-order valence-corrected chi connectivity index (χ0v) is 13.2. The summed E-state index contributed by atoms with van der Waals surface area (Å²) >= 11 is 0. The average Bonchev–Trinajstić information content (AvgIpc) is 3.03. The number of imide groups is 1. The molecule has 0 radical (unpaired) electrons. The maximum absolute atomic E-state index is 12.0. The molecular formula is C16H18N2O6. The Morgan fingerprint density at radius 1 is 1.38 bits per heavy atom. The molecule has 128 valence electrons. The van der Waals surface area contributed by atoms with E-state index in [2.05, 4.69) is 11.9 Å². The molecule has 1 aliphatic rings. The smallest absolute Gasteiger partial charge is 0.338 e. The van der Waals surface area contributed by atoms with E-state index in [4.69, 9.17) is 14.2 Å². The second-order valence-electron chi connectivity index (χ2n) is 4.82. The lowest BCUT2D eigenvalue weighted by Gasteiger charge is -2.13. The molecule has 2 rings (SSSR count). The van der Waals surface area contributed by atoms with Gasteiger partial charge in [0.25, 0.3) is 5.91 Å². The second-order valence-corrected chi connectivity index (χ2v) is 4.82. The first-order chi connectivity index (χ1) is 11.6. The summed E-state index contributed by atoms with van der Waals surface area (Å²) in [4.78, 5) is 36.2. The molecule has 1 aromatic rings. The van der Waals surface area contributed by atoms with Crippen molar-refractivity contribution in [2.45, 2.75) is 0 Å². The van der Waals surface area contributed by atoms with E-state index >= 15 is 0 Å². The number of hydrogen-bond acceptors (Lipinski definition) is 6. The van der Waals surface area contributed by atoms with Crippen LogP contribution in [0.5, 0.6) is 11.5 Å². The Morgan fingerprint density at radius 2 is 2.17 bits per heavy atom. The summed E-state index contributed by atoms with van der Waals surface area (Å²) in [6.45, 7) is 3.99. The SMILES string of the molecule is C=CCOc1ccc(C(=O)OCC(=O)N2CCNC2=O)cc1OC. The highest BCUT2D eigenvalue weighted by Crippen LogP contribution is 2.28. The number of ether oxygens (including phenoxy) is 3. The molecule has 8 nitrogen and oxygen atoms in total. The third-order valence-electron chi connectivity index (χ3n) is 3.24. The van der Waals surface area contributed by atoms with Crippen LogP contribution in [0.2, 0.25) is 0 Å². The summed E-state index contributed by atoms with van der Waals surface area (Å²) in [5.41, 5.74) is 0.205. The predicted octanol–water partition coefficient (Wildman–Crippen LogP) is 0.969. The van der Waals surface area contributed by atoms with Gasteiger partial charge in [-0.3, -0.25) is 9.69 Å². The quantitative estimate of drug-likeness (QED) is 0.590. The molecule has 0 aromatic heterocycles. The fraction of sp³-hybridized carbons (Fsp3) is 0.312. The third kappa shape index (κ3) is 4.03. The maximum Gasteiger partial charge on any atom is 0.338 e. The Morgan fingerprint density at radius 3 is 2.79 bits per heavy atom. The Kier molecular flexibility index (Phi) is 5.78. The van der Waals surface area contributed by atoms with Crippen molar-refractivity contribution < 1.29 is 28.6 Å². The number of nitrogens with one attached hydrogen (secondary N) is 1. The van der Waals surface area contributed by atoms with E-state index in [1.165, 1.54) is 19.2 Å². The van der Waals surface area contributed by atoms with Crippen molar-refractivity contribution in [2.24, 2.45) is 0 Å². The molecule has 1 aromatic carbocycles. The summed E-state index contributed by atoms with van der Waals surface area (Å²) < 4.78 is 15.5. The molecule has 1 fully saturated rings. The minimum atomic E-state index is -0.698. The van der Waals surface area contributed by atoms with Gasteiger partial charge in [0.2, 0.25) is 0 Å². The predicted molar refractivity (Wildman–Crippen MR) is 84.1 cm³/mol. The van der Waals surface area contributed by atoms with Gasteiger partial charge in [-0.25, -0.2) is 9.59 Å². The van der Waals surface area contributed by atoms with Crippen molar-refractivity contribution in [3.63, 3.8) is 0 Å². The second kappa shape index (κ2) is 8.00. The van der Waals surface area contributed by atoms with Crippen LogP contribution in [0.3, 0.4) is 0 Å². The van der Waals surface area contributed by atoms with Gasteiger partial charge < -0.3 is 19.5 Å². The van der Waals surface area contributed by atoms with Crippen molar-refractivity contribution in [2.75, 3.05) is 33.4 Å². The number of carbonyl (C=O) groups is 3. The van der Waals surface area contributed by atoms with Gasteiger partial charge in [0.1, 0.15) is 6.61 Å². The van der Waals surface area contributed by atoms with Crippen LogP contribution in [0.4, 0.5) is 4.79 Å². The van der Waals surface area contributed by atoms with E-state index in [0.717, 1.165) is 4.90 Å². The number of carbonyl (C=O) groups excluding carboxylic acids is 3. The first-order valence-electron chi connectivity index (χ1n) is 7.24. The number of hydrogen-bond donors (Lipinski definition) is 1. The lowest BCUT2D eigenvalue weighted by atomic mass is 10.2. The number of amides is 3. The molecule has 1 N–H and O–H groups in total. The van der Waals surface area contributed by atoms with Crippen LogP contribution in [-0.4, -0.2) is 56.2 Å². The number of esters is 1. The highest BCUT2D eigenvalue weighted by Gasteiger charge is 2.27. The highest BCUT2D eigenvalue weighted by atomic mass is 16.5. The maximum atomic E-state index is 12.0. The van der Waals surface area contributed by atoms with Crippen LogP contribution in [0.15, 0.2) is 30.9 Å². The fourth-order valence-electron chi connectivity index (χ4n) is 2.06. The molecule has 1 saturated heterocycles. The molecule has 0 spiro atoms. The molecule has 0 saturated carbocycles. The van der Waals surface area contributed by atoms with Crippen LogP contribution < -0.4 is 14.8 Å². The molecule has 3 amide bonds. The van der Waals surface area contributed by atoms with E-state index in [-0.39, 0.29) is 12.1 Å². The van der Waals surface area contributed by atoms with Gasteiger partial charge in [-0.05, 0) is 18.2 Å². The molecular weight excluding hydrogens is 316 g/mol. The van der Waals surface area contributed by atoms with Crippen LogP contribution in [0.25, 0.3) is 0 Å². The van der Waals surface area contributed by atoms with Crippen molar-refractivity contribution in [3.05, 3.63) is 36.4 Å². The molecule has 0 aliphatic carbocycles. The van der Waals surface area contributed by atoms with Crippen LogP contribution in [0, 0.1) is 0 Å². The van der Waals surface area contributed by atoms with Crippen LogP contribution in [0.1, 0.15) is 10.4 Å². The Labute approximate surface area is 139 Å². The van der Waals surface area contributed by atoms with Crippen molar-refractivity contribution in [1.82, 2.24) is 10.2 Å². The minimum Gasteiger partial charge on any atom is -0.493 e. The van der Waals surface area contributed by atoms with Gasteiger partial charge in [0, 0.05) is 13.1 Å². The summed E-state index contributed by atoms with van der Waals surface area (Å²) in [6.07, 6.45) is 1.59. The molecule has 24 heavy (non-hydrogen) atoms. The fourth-order valence-corrected chi connectivity index (χ4v) is 2.06. The number of benzene rings is 1. The van der Waals surface area contributed by atoms with Crippen molar-refractivity contribution in [1.29, 1.82) is 0 Å². The normalized spacial score (nSPS) is 13.2. The first-order valence-corrected chi connectivity index (χ1v) is 7.24. The summed E-state index contributed by atoms with van der Waals surface area (Å²) in [7, 11) is 1.45. The van der Waals surface area contributed by atoms with E-state index in [1.54, 1.807) is 12.1 Å². The Balaban J connectivity index is 1.97. The zero-order chi connectivity index (χ0) is 17.5. The molecule has 1 aliphatic heterocycles. The minimum absolute atomic E-state index is 0.205. The van der Waals surface area contributed by atoms with Gasteiger partial charge >= 0.3 is 12.0 Å². The van der Waals surface area contributed by atoms with E-state index in [1.807, 2.05) is 0 Å². The van der Waals surface area contributed by atoms with Gasteiger partial charge in [0.05, 0.1) is 12.7 Å². The molecule has 8 heteroatoms. The van der Waals surface area contributed by atoms with E-state index in [9.17, 15) is 14.4 Å². The molecule has 0 atom stereocenters. The van der Waals surface area contributed by atoms with Gasteiger partial charge in [-0.15, -0.1) is 0 Å². The molecule has 0 unspecified atom stereocenters. The lowest BCUT2D eigenvalue weighted by molar-refractivity contribution is -0.130. The Bertz CT molecular complexity index is 658. The molecule has 1 heterocycles. The highest BCUT2D eigenvalue weighted by molar-refractivity contribution is 5.98. The van der Waals surface area contributed by atoms with Gasteiger partial charge in [-0.1, -0.05) is 12.7 Å².